The van der Waals surface area contributed by atoms with Crippen molar-refractivity contribution in [1.29, 1.82) is 0 Å². The van der Waals surface area contributed by atoms with Crippen LogP contribution in [0.3, 0.4) is 0 Å². The number of nitrogens with one attached hydrogen (secondary N) is 1. The van der Waals surface area contributed by atoms with Crippen LogP contribution < -0.4 is 10.1 Å². The lowest BCUT2D eigenvalue weighted by molar-refractivity contribution is -0.146. The van der Waals surface area contributed by atoms with Gasteiger partial charge in [-0.2, -0.15) is 0 Å². The Morgan fingerprint density at radius 1 is 1.12 bits per heavy atom. The van der Waals surface area contributed by atoms with Gasteiger partial charge in [0.2, 0.25) is 0 Å². The van der Waals surface area contributed by atoms with E-state index in [9.17, 15) is 9.59 Å². The summed E-state index contributed by atoms with van der Waals surface area (Å²) in [5, 5.41) is 3.19. The maximum Gasteiger partial charge on any atom is 0.310 e. The topological polar surface area (TPSA) is 64.6 Å². The molecule has 0 atom stereocenters. The van der Waals surface area contributed by atoms with Gasteiger partial charge in [0.05, 0.1) is 13.0 Å². The number of hydrogen-bond acceptors (Lipinski definition) is 4. The smallest absolute Gasteiger partial charge is 0.310 e. The summed E-state index contributed by atoms with van der Waals surface area (Å²) in [4.78, 5) is 23.7. The zero-order chi connectivity index (χ0) is 18.2. The van der Waals surface area contributed by atoms with Crippen LogP contribution in [0, 0.1) is 6.92 Å². The van der Waals surface area contributed by atoms with Gasteiger partial charge in [0, 0.05) is 10.7 Å². The van der Waals surface area contributed by atoms with Crippen LogP contribution in [0.4, 0.5) is 5.69 Å². The number of ether oxygens (including phenoxy) is 2. The number of esters is 1. The summed E-state index contributed by atoms with van der Waals surface area (Å²) in [5.74, 6) is -0.142. The molecule has 0 spiro atoms. The number of anilines is 1. The minimum absolute atomic E-state index is 0.0933. The van der Waals surface area contributed by atoms with Crippen molar-refractivity contribution in [2.75, 3.05) is 18.5 Å². The van der Waals surface area contributed by atoms with Crippen molar-refractivity contribution in [1.82, 2.24) is 0 Å². The monoisotopic (exact) mass is 361 g/mol. The first kappa shape index (κ1) is 18.8. The van der Waals surface area contributed by atoms with E-state index in [-0.39, 0.29) is 13.0 Å². The molecule has 0 saturated heterocycles. The van der Waals surface area contributed by atoms with Crippen molar-refractivity contribution in [3.05, 3.63) is 58.6 Å². The minimum atomic E-state index is -0.471. The molecule has 132 valence electrons. The van der Waals surface area contributed by atoms with Crippen LogP contribution >= 0.6 is 11.6 Å². The zero-order valence-electron chi connectivity index (χ0n) is 14.2. The Balaban J connectivity index is 1.78. The lowest BCUT2D eigenvalue weighted by atomic mass is 10.1. The maximum atomic E-state index is 11.8. The molecule has 0 radical (unpaired) electrons. The average molecular weight is 362 g/mol. The van der Waals surface area contributed by atoms with Gasteiger partial charge >= 0.3 is 5.97 Å². The number of aryl methyl sites for hydroxylation is 1. The fourth-order valence-electron chi connectivity index (χ4n) is 2.10. The minimum Gasteiger partial charge on any atom is -0.494 e. The average Bonchev–Trinajstić information content (AvgIpc) is 2.58. The highest BCUT2D eigenvalue weighted by molar-refractivity contribution is 6.31. The van der Waals surface area contributed by atoms with E-state index in [1.807, 2.05) is 13.8 Å². The van der Waals surface area contributed by atoms with E-state index in [0.717, 1.165) is 16.9 Å². The molecule has 0 aliphatic rings. The molecule has 5 nitrogen and oxygen atoms in total. The zero-order valence-corrected chi connectivity index (χ0v) is 14.9. The second-order valence-electron chi connectivity index (χ2n) is 5.43. The second kappa shape index (κ2) is 9.08. The quantitative estimate of drug-likeness (QED) is 0.762. The van der Waals surface area contributed by atoms with Gasteiger partial charge < -0.3 is 14.8 Å². The van der Waals surface area contributed by atoms with Gasteiger partial charge in [-0.1, -0.05) is 29.8 Å². The highest BCUT2D eigenvalue weighted by Gasteiger charge is 2.10. The lowest BCUT2D eigenvalue weighted by Gasteiger charge is -2.08. The third kappa shape index (κ3) is 6.12. The summed E-state index contributed by atoms with van der Waals surface area (Å²) in [5.41, 5.74) is 2.27. The Hall–Kier alpha value is -2.53. The molecule has 0 fully saturated rings. The van der Waals surface area contributed by atoms with Gasteiger partial charge in [0.1, 0.15) is 5.75 Å². The van der Waals surface area contributed by atoms with E-state index < -0.39 is 11.9 Å². The third-order valence-electron chi connectivity index (χ3n) is 3.40. The number of carbonyl (C=O) groups excluding carboxylic acids is 2. The van der Waals surface area contributed by atoms with E-state index in [0.29, 0.717) is 17.3 Å². The first-order chi connectivity index (χ1) is 12.0. The molecule has 0 aliphatic heterocycles. The molecular formula is C19H20ClNO4. The highest BCUT2D eigenvalue weighted by atomic mass is 35.5. The normalized spacial score (nSPS) is 10.2. The molecule has 1 amide bonds. The summed E-state index contributed by atoms with van der Waals surface area (Å²) in [7, 11) is 0. The van der Waals surface area contributed by atoms with Gasteiger partial charge in [-0.25, -0.2) is 0 Å². The summed E-state index contributed by atoms with van der Waals surface area (Å²) >= 11 is 6.00. The Morgan fingerprint density at radius 2 is 1.84 bits per heavy atom. The summed E-state index contributed by atoms with van der Waals surface area (Å²) < 4.78 is 10.3. The molecule has 0 heterocycles. The van der Waals surface area contributed by atoms with Crippen LogP contribution in [0.25, 0.3) is 0 Å². The van der Waals surface area contributed by atoms with Crippen LogP contribution in [-0.4, -0.2) is 25.1 Å². The van der Waals surface area contributed by atoms with E-state index in [4.69, 9.17) is 21.1 Å². The Labute approximate surface area is 151 Å². The molecular weight excluding hydrogens is 342 g/mol. The Bertz CT molecular complexity index is 744. The Morgan fingerprint density at radius 3 is 2.48 bits per heavy atom. The number of halogens is 1. The summed E-state index contributed by atoms with van der Waals surface area (Å²) in [6.07, 6.45) is 0.0933. The SMILES string of the molecule is CCOc1ccc(CC(=O)OCC(=O)Nc2ccc(C)c(Cl)c2)cc1. The van der Waals surface area contributed by atoms with Crippen LogP contribution in [0.5, 0.6) is 5.75 Å². The summed E-state index contributed by atoms with van der Waals surface area (Å²) in [6, 6.07) is 12.4. The van der Waals surface area contributed by atoms with Gasteiger partial charge in [0.15, 0.2) is 6.61 Å². The fourth-order valence-corrected chi connectivity index (χ4v) is 2.28. The number of rotatable bonds is 7. The predicted molar refractivity (Wildman–Crippen MR) is 97.1 cm³/mol. The molecule has 2 aromatic carbocycles. The van der Waals surface area contributed by atoms with E-state index >= 15 is 0 Å². The maximum absolute atomic E-state index is 11.8. The van der Waals surface area contributed by atoms with E-state index in [1.165, 1.54) is 0 Å². The van der Waals surface area contributed by atoms with Gasteiger partial charge in [-0.05, 0) is 49.2 Å². The molecule has 6 heteroatoms. The van der Waals surface area contributed by atoms with Gasteiger partial charge in [-0.15, -0.1) is 0 Å². The number of carbonyl (C=O) groups is 2. The first-order valence-corrected chi connectivity index (χ1v) is 8.29. The van der Waals surface area contributed by atoms with Crippen molar-refractivity contribution >= 4 is 29.2 Å². The number of hydrogen-bond donors (Lipinski definition) is 1. The van der Waals surface area contributed by atoms with Crippen molar-refractivity contribution in [3.8, 4) is 5.75 Å². The van der Waals surface area contributed by atoms with E-state index in [1.54, 1.807) is 42.5 Å². The van der Waals surface area contributed by atoms with Crippen LogP contribution in [0.2, 0.25) is 5.02 Å². The predicted octanol–water partition coefficient (Wildman–Crippen LogP) is 3.77. The molecule has 2 aromatic rings. The molecule has 2 rings (SSSR count). The number of benzene rings is 2. The molecule has 0 aromatic heterocycles. The molecule has 0 bridgehead atoms. The Kier molecular flexibility index (Phi) is 6.83. The third-order valence-corrected chi connectivity index (χ3v) is 3.81. The van der Waals surface area contributed by atoms with Crippen molar-refractivity contribution < 1.29 is 19.1 Å². The first-order valence-electron chi connectivity index (χ1n) is 7.91. The lowest BCUT2D eigenvalue weighted by Crippen LogP contribution is -2.21. The molecule has 0 aliphatic carbocycles. The fraction of sp³-hybridized carbons (Fsp3) is 0.263. The van der Waals surface area contributed by atoms with Crippen LogP contribution in [0.15, 0.2) is 42.5 Å². The summed E-state index contributed by atoms with van der Waals surface area (Å²) in [6.45, 7) is 4.02. The van der Waals surface area contributed by atoms with Crippen molar-refractivity contribution in [3.63, 3.8) is 0 Å². The molecule has 1 N–H and O–H groups in total. The van der Waals surface area contributed by atoms with Gasteiger partial charge in [0.25, 0.3) is 5.91 Å². The van der Waals surface area contributed by atoms with Crippen molar-refractivity contribution in [2.24, 2.45) is 0 Å². The van der Waals surface area contributed by atoms with Crippen LogP contribution in [-0.2, 0) is 20.7 Å². The van der Waals surface area contributed by atoms with Crippen LogP contribution in [0.1, 0.15) is 18.1 Å². The standard InChI is InChI=1S/C19H20ClNO4/c1-3-24-16-8-5-14(6-9-16)10-19(23)25-12-18(22)21-15-7-4-13(2)17(20)11-15/h4-9,11H,3,10,12H2,1-2H3,(H,21,22). The van der Waals surface area contributed by atoms with E-state index in [2.05, 4.69) is 5.32 Å². The molecule has 0 unspecified atom stereocenters. The second-order valence-corrected chi connectivity index (χ2v) is 5.83. The number of amides is 1. The van der Waals surface area contributed by atoms with Crippen molar-refractivity contribution in [2.45, 2.75) is 20.3 Å². The largest absolute Gasteiger partial charge is 0.494 e. The molecule has 25 heavy (non-hydrogen) atoms. The van der Waals surface area contributed by atoms with Gasteiger partial charge in [-0.3, -0.25) is 9.59 Å². The molecule has 0 saturated carbocycles. The highest BCUT2D eigenvalue weighted by Crippen LogP contribution is 2.19.